The Balaban J connectivity index is 2.94. The first-order valence-corrected chi connectivity index (χ1v) is 6.07. The van der Waals surface area contributed by atoms with Crippen molar-refractivity contribution in [3.63, 3.8) is 0 Å². The quantitative estimate of drug-likeness (QED) is 0.635. The number of anilines is 1. The lowest BCUT2D eigenvalue weighted by Crippen LogP contribution is -2.08. The predicted molar refractivity (Wildman–Crippen MR) is 66.1 cm³/mol. The second-order valence-electron chi connectivity index (χ2n) is 4.15. The lowest BCUT2D eigenvalue weighted by molar-refractivity contribution is 0.641. The van der Waals surface area contributed by atoms with E-state index in [1.807, 2.05) is 13.8 Å². The molecule has 0 aromatic carbocycles. The molecule has 0 aliphatic heterocycles. The van der Waals surface area contributed by atoms with Crippen LogP contribution in [0.15, 0.2) is 5.03 Å². The van der Waals surface area contributed by atoms with E-state index in [0.717, 1.165) is 16.4 Å². The van der Waals surface area contributed by atoms with Crippen LogP contribution in [0.4, 0.5) is 5.82 Å². The van der Waals surface area contributed by atoms with E-state index < -0.39 is 0 Å². The van der Waals surface area contributed by atoms with E-state index in [1.54, 1.807) is 11.8 Å². The fourth-order valence-corrected chi connectivity index (χ4v) is 2.14. The number of rotatable bonds is 3. The van der Waals surface area contributed by atoms with Crippen molar-refractivity contribution in [2.45, 2.75) is 44.9 Å². The van der Waals surface area contributed by atoms with Crippen LogP contribution in [0.1, 0.15) is 32.2 Å². The molecule has 4 heteroatoms. The summed E-state index contributed by atoms with van der Waals surface area (Å²) >= 11 is 1.78. The average Bonchev–Trinajstić information content (AvgIpc) is 2.13. The molecule has 3 nitrogen and oxygen atoms in total. The van der Waals surface area contributed by atoms with Gasteiger partial charge in [-0.1, -0.05) is 20.8 Å². The molecule has 0 saturated carbocycles. The monoisotopic (exact) mass is 225 g/mol. The molecular formula is C11H19N3S. The molecular weight excluding hydrogens is 206 g/mol. The Hall–Kier alpha value is -0.770. The first kappa shape index (κ1) is 12.3. The summed E-state index contributed by atoms with van der Waals surface area (Å²) in [5.41, 5.74) is 6.81. The van der Waals surface area contributed by atoms with Crippen molar-refractivity contribution in [1.82, 2.24) is 9.97 Å². The second kappa shape index (κ2) is 4.84. The third kappa shape index (κ3) is 3.09. The van der Waals surface area contributed by atoms with Crippen molar-refractivity contribution in [3.05, 3.63) is 11.4 Å². The van der Waals surface area contributed by atoms with E-state index in [-0.39, 0.29) is 0 Å². The van der Waals surface area contributed by atoms with Crippen molar-refractivity contribution >= 4 is 17.6 Å². The van der Waals surface area contributed by atoms with E-state index in [9.17, 15) is 0 Å². The third-order valence-corrected chi connectivity index (χ3v) is 4.02. The van der Waals surface area contributed by atoms with Gasteiger partial charge < -0.3 is 5.73 Å². The Morgan fingerprint density at radius 2 is 1.73 bits per heavy atom. The van der Waals surface area contributed by atoms with Crippen LogP contribution in [0.2, 0.25) is 0 Å². The van der Waals surface area contributed by atoms with Crippen molar-refractivity contribution in [3.8, 4) is 0 Å². The molecule has 15 heavy (non-hydrogen) atoms. The van der Waals surface area contributed by atoms with Gasteiger partial charge in [0.2, 0.25) is 0 Å². The zero-order chi connectivity index (χ0) is 11.6. The number of nitrogens with zero attached hydrogens (tertiary/aromatic N) is 2. The van der Waals surface area contributed by atoms with E-state index in [0.29, 0.717) is 17.0 Å². The molecule has 1 rings (SSSR count). The second-order valence-corrected chi connectivity index (χ2v) is 5.52. The molecule has 0 fully saturated rings. The van der Waals surface area contributed by atoms with Crippen molar-refractivity contribution < 1.29 is 0 Å². The summed E-state index contributed by atoms with van der Waals surface area (Å²) in [6.45, 7) is 10.5. The Morgan fingerprint density at radius 1 is 1.13 bits per heavy atom. The molecule has 84 valence electrons. The van der Waals surface area contributed by atoms with Gasteiger partial charge in [-0.05, 0) is 19.8 Å². The van der Waals surface area contributed by atoms with Crippen LogP contribution in [0.3, 0.4) is 0 Å². The van der Waals surface area contributed by atoms with E-state index >= 15 is 0 Å². The number of aryl methyl sites for hydroxylation is 1. The summed E-state index contributed by atoms with van der Waals surface area (Å²) in [6, 6.07) is 0. The minimum atomic E-state index is 0.539. The Kier molecular flexibility index (Phi) is 3.97. The molecule has 0 radical (unpaired) electrons. The normalized spacial score (nSPS) is 13.2. The number of hydrogen-bond acceptors (Lipinski definition) is 4. The minimum absolute atomic E-state index is 0.539. The van der Waals surface area contributed by atoms with Crippen molar-refractivity contribution in [2.24, 2.45) is 5.92 Å². The highest BCUT2D eigenvalue weighted by atomic mass is 32.2. The minimum Gasteiger partial charge on any atom is -0.383 e. The summed E-state index contributed by atoms with van der Waals surface area (Å²) in [5.74, 6) is 1.98. The van der Waals surface area contributed by atoms with Gasteiger partial charge in [-0.3, -0.25) is 0 Å². The summed E-state index contributed by atoms with van der Waals surface area (Å²) in [7, 11) is 0. The van der Waals surface area contributed by atoms with Crippen LogP contribution in [0, 0.1) is 19.8 Å². The summed E-state index contributed by atoms with van der Waals surface area (Å²) < 4.78 is 0. The summed E-state index contributed by atoms with van der Waals surface area (Å²) in [5, 5.41) is 1.55. The Morgan fingerprint density at radius 3 is 2.27 bits per heavy atom. The number of nitrogens with two attached hydrogens (primary N) is 1. The Labute approximate surface area is 95.9 Å². The summed E-state index contributed by atoms with van der Waals surface area (Å²) in [4.78, 5) is 8.57. The molecule has 1 unspecified atom stereocenters. The maximum atomic E-state index is 5.81. The van der Waals surface area contributed by atoms with Crippen LogP contribution in [0.25, 0.3) is 0 Å². The van der Waals surface area contributed by atoms with Gasteiger partial charge in [0, 0.05) is 10.8 Å². The molecule has 1 aromatic rings. The van der Waals surface area contributed by atoms with Crippen LogP contribution in [-0.4, -0.2) is 15.2 Å². The zero-order valence-electron chi connectivity index (χ0n) is 10.0. The number of nitrogen functional groups attached to an aromatic ring is 1. The SMILES string of the molecule is Cc1nc(N)c(C)c(SC(C)C(C)C)n1. The van der Waals surface area contributed by atoms with Crippen LogP contribution in [0.5, 0.6) is 0 Å². The van der Waals surface area contributed by atoms with Crippen LogP contribution >= 0.6 is 11.8 Å². The molecule has 0 amide bonds. The van der Waals surface area contributed by atoms with Gasteiger partial charge in [-0.25, -0.2) is 9.97 Å². The maximum Gasteiger partial charge on any atom is 0.131 e. The van der Waals surface area contributed by atoms with Crippen LogP contribution in [-0.2, 0) is 0 Å². The third-order valence-electron chi connectivity index (χ3n) is 2.49. The molecule has 0 aliphatic carbocycles. The van der Waals surface area contributed by atoms with Crippen molar-refractivity contribution in [2.75, 3.05) is 5.73 Å². The number of hydrogen-bond donors (Lipinski definition) is 1. The van der Waals surface area contributed by atoms with E-state index in [4.69, 9.17) is 5.73 Å². The fourth-order valence-electron chi connectivity index (χ4n) is 1.05. The average molecular weight is 225 g/mol. The molecule has 0 spiro atoms. The lowest BCUT2D eigenvalue weighted by atomic mass is 10.2. The molecule has 0 bridgehead atoms. The van der Waals surface area contributed by atoms with Gasteiger partial charge in [-0.15, -0.1) is 11.8 Å². The first-order chi connectivity index (χ1) is 6.91. The molecule has 2 N–H and O–H groups in total. The maximum absolute atomic E-state index is 5.81. The van der Waals surface area contributed by atoms with Gasteiger partial charge in [0.15, 0.2) is 0 Å². The summed E-state index contributed by atoms with van der Waals surface area (Å²) in [6.07, 6.45) is 0. The molecule has 1 atom stereocenters. The van der Waals surface area contributed by atoms with Gasteiger partial charge in [0.1, 0.15) is 16.7 Å². The zero-order valence-corrected chi connectivity index (χ0v) is 10.9. The predicted octanol–water partition coefficient (Wildman–Crippen LogP) is 2.81. The largest absolute Gasteiger partial charge is 0.383 e. The standard InChI is InChI=1S/C11H19N3S/c1-6(2)8(4)15-11-7(3)10(12)13-9(5)14-11/h6,8H,1-5H3,(H2,12,13,14). The molecule has 0 saturated heterocycles. The van der Waals surface area contributed by atoms with Gasteiger partial charge >= 0.3 is 0 Å². The highest BCUT2D eigenvalue weighted by Gasteiger charge is 2.13. The topological polar surface area (TPSA) is 51.8 Å². The number of thioether (sulfide) groups is 1. The number of aromatic nitrogens is 2. The first-order valence-electron chi connectivity index (χ1n) is 5.19. The smallest absolute Gasteiger partial charge is 0.131 e. The highest BCUT2D eigenvalue weighted by molar-refractivity contribution is 7.99. The van der Waals surface area contributed by atoms with Gasteiger partial charge in [-0.2, -0.15) is 0 Å². The van der Waals surface area contributed by atoms with E-state index in [2.05, 4.69) is 30.7 Å². The molecule has 1 aromatic heterocycles. The molecule has 0 aliphatic rings. The fraction of sp³-hybridized carbons (Fsp3) is 0.636. The van der Waals surface area contributed by atoms with E-state index in [1.165, 1.54) is 0 Å². The lowest BCUT2D eigenvalue weighted by Gasteiger charge is -2.16. The molecule has 1 heterocycles. The van der Waals surface area contributed by atoms with Gasteiger partial charge in [0.05, 0.1) is 0 Å². The Bertz CT molecular complexity index is 350. The highest BCUT2D eigenvalue weighted by Crippen LogP contribution is 2.30. The van der Waals surface area contributed by atoms with Gasteiger partial charge in [0.25, 0.3) is 0 Å². The van der Waals surface area contributed by atoms with Crippen LogP contribution < -0.4 is 5.73 Å². The van der Waals surface area contributed by atoms with Crippen molar-refractivity contribution in [1.29, 1.82) is 0 Å².